The summed E-state index contributed by atoms with van der Waals surface area (Å²) in [7, 11) is -3.94. The average molecular weight is 359 g/mol. The second-order valence-electron chi connectivity index (χ2n) is 6.03. The van der Waals surface area contributed by atoms with Crippen LogP contribution < -0.4 is 5.32 Å². The maximum Gasteiger partial charge on any atom is 0.417 e. The molecule has 2 aliphatic heterocycles. The van der Waals surface area contributed by atoms with Crippen molar-refractivity contribution in [2.75, 3.05) is 13.1 Å². The minimum atomic E-state index is -4.70. The van der Waals surface area contributed by atoms with E-state index in [9.17, 15) is 21.6 Å². The van der Waals surface area contributed by atoms with E-state index in [0.717, 1.165) is 25.0 Å². The summed E-state index contributed by atoms with van der Waals surface area (Å²) in [5.74, 6) is 0. The first-order valence-electron chi connectivity index (χ1n) is 7.61. The van der Waals surface area contributed by atoms with Gasteiger partial charge < -0.3 is 5.32 Å². The molecule has 1 aromatic rings. The molecule has 1 aromatic carbocycles. The number of hydrogen-bond donors (Lipinski definition) is 1. The van der Waals surface area contributed by atoms with E-state index >= 15 is 0 Å². The standard InChI is InChI=1S/C15H16F3N3O2S/c16-15(17,18)14-4-3-13(7-10(14)8-19)24(22,23)21-11-1-2-12(21)9-20-6-5-11/h3-4,7,11-12,20H,1-2,5-6,9H2. The van der Waals surface area contributed by atoms with Crippen LogP contribution in [0.15, 0.2) is 23.1 Å². The van der Waals surface area contributed by atoms with Crippen molar-refractivity contribution in [3.63, 3.8) is 0 Å². The topological polar surface area (TPSA) is 73.2 Å². The molecule has 1 N–H and O–H groups in total. The van der Waals surface area contributed by atoms with Crippen LogP contribution in [0, 0.1) is 11.3 Å². The molecular formula is C15H16F3N3O2S. The molecule has 2 aliphatic rings. The van der Waals surface area contributed by atoms with Crippen molar-refractivity contribution in [3.05, 3.63) is 29.3 Å². The molecule has 130 valence electrons. The van der Waals surface area contributed by atoms with Gasteiger partial charge in [0, 0.05) is 18.6 Å². The summed E-state index contributed by atoms with van der Waals surface area (Å²) in [5, 5.41) is 12.2. The normalized spacial score (nSPS) is 25.2. The number of halogens is 3. The fraction of sp³-hybridized carbons (Fsp3) is 0.533. The fourth-order valence-electron chi connectivity index (χ4n) is 3.48. The number of rotatable bonds is 2. The third-order valence-electron chi connectivity index (χ3n) is 4.58. The van der Waals surface area contributed by atoms with Crippen LogP contribution in [0.2, 0.25) is 0 Å². The Morgan fingerprint density at radius 2 is 1.92 bits per heavy atom. The number of hydrogen-bond acceptors (Lipinski definition) is 4. The first kappa shape index (κ1) is 17.2. The highest BCUT2D eigenvalue weighted by molar-refractivity contribution is 7.89. The third-order valence-corrected chi connectivity index (χ3v) is 6.58. The predicted octanol–water partition coefficient (Wildman–Crippen LogP) is 2.09. The van der Waals surface area contributed by atoms with E-state index in [-0.39, 0.29) is 17.0 Å². The number of fused-ring (bicyclic) bond motifs is 2. The molecule has 2 saturated heterocycles. The van der Waals surface area contributed by atoms with Crippen LogP contribution in [-0.2, 0) is 16.2 Å². The summed E-state index contributed by atoms with van der Waals surface area (Å²) in [6, 6.07) is 3.54. The Labute approximate surface area is 138 Å². The van der Waals surface area contributed by atoms with Gasteiger partial charge in [-0.2, -0.15) is 22.7 Å². The average Bonchev–Trinajstić information content (AvgIpc) is 2.79. The first-order chi connectivity index (χ1) is 11.2. The van der Waals surface area contributed by atoms with Gasteiger partial charge in [0.1, 0.15) is 0 Å². The molecule has 2 atom stereocenters. The van der Waals surface area contributed by atoms with E-state index in [2.05, 4.69) is 5.32 Å². The van der Waals surface area contributed by atoms with Gasteiger partial charge in [-0.3, -0.25) is 0 Å². The van der Waals surface area contributed by atoms with Crippen LogP contribution >= 0.6 is 0 Å². The van der Waals surface area contributed by atoms with Crippen molar-refractivity contribution in [2.24, 2.45) is 0 Å². The molecule has 5 nitrogen and oxygen atoms in total. The van der Waals surface area contributed by atoms with Gasteiger partial charge in [0.15, 0.2) is 0 Å². The molecule has 0 saturated carbocycles. The van der Waals surface area contributed by atoms with Gasteiger partial charge in [-0.05, 0) is 44.0 Å². The van der Waals surface area contributed by atoms with Gasteiger partial charge in [-0.25, -0.2) is 8.42 Å². The smallest absolute Gasteiger partial charge is 0.315 e. The molecule has 0 spiro atoms. The molecule has 2 fully saturated rings. The van der Waals surface area contributed by atoms with Crippen molar-refractivity contribution >= 4 is 10.0 Å². The van der Waals surface area contributed by atoms with Gasteiger partial charge in [-0.1, -0.05) is 0 Å². The Morgan fingerprint density at radius 1 is 1.21 bits per heavy atom. The van der Waals surface area contributed by atoms with E-state index in [1.54, 1.807) is 0 Å². The second-order valence-corrected chi connectivity index (χ2v) is 7.87. The molecule has 2 unspecified atom stereocenters. The second kappa shape index (κ2) is 6.02. The summed E-state index contributed by atoms with van der Waals surface area (Å²) >= 11 is 0. The van der Waals surface area contributed by atoms with E-state index in [4.69, 9.17) is 5.26 Å². The maximum atomic E-state index is 12.9. The predicted molar refractivity (Wildman–Crippen MR) is 79.5 cm³/mol. The SMILES string of the molecule is N#Cc1cc(S(=O)(=O)N2C3CCNCC2CC3)ccc1C(F)(F)F. The van der Waals surface area contributed by atoms with Gasteiger partial charge >= 0.3 is 6.18 Å². The molecular weight excluding hydrogens is 343 g/mol. The van der Waals surface area contributed by atoms with Gasteiger partial charge in [0.25, 0.3) is 0 Å². The van der Waals surface area contributed by atoms with E-state index < -0.39 is 27.3 Å². The number of nitrogens with one attached hydrogen (secondary N) is 1. The largest absolute Gasteiger partial charge is 0.417 e. The van der Waals surface area contributed by atoms with Crippen molar-refractivity contribution in [1.29, 1.82) is 5.26 Å². The lowest BCUT2D eigenvalue weighted by atomic mass is 10.1. The van der Waals surface area contributed by atoms with Gasteiger partial charge in [-0.15, -0.1) is 0 Å². The molecule has 3 rings (SSSR count). The van der Waals surface area contributed by atoms with Crippen LogP contribution in [0.3, 0.4) is 0 Å². The van der Waals surface area contributed by atoms with Crippen molar-refractivity contribution in [3.8, 4) is 6.07 Å². The highest BCUT2D eigenvalue weighted by Gasteiger charge is 2.43. The van der Waals surface area contributed by atoms with Crippen LogP contribution in [0.25, 0.3) is 0 Å². The zero-order chi connectivity index (χ0) is 17.5. The number of nitriles is 1. The molecule has 24 heavy (non-hydrogen) atoms. The fourth-order valence-corrected chi connectivity index (χ4v) is 5.40. The van der Waals surface area contributed by atoms with E-state index in [0.29, 0.717) is 25.6 Å². The highest BCUT2D eigenvalue weighted by Crippen LogP contribution is 2.36. The quantitative estimate of drug-likeness (QED) is 0.878. The Balaban J connectivity index is 2.03. The zero-order valence-electron chi connectivity index (χ0n) is 12.7. The van der Waals surface area contributed by atoms with E-state index in [1.807, 2.05) is 0 Å². The minimum absolute atomic E-state index is 0.150. The lowest BCUT2D eigenvalue weighted by Crippen LogP contribution is -2.42. The van der Waals surface area contributed by atoms with Crippen LogP contribution in [0.5, 0.6) is 0 Å². The zero-order valence-corrected chi connectivity index (χ0v) is 13.5. The minimum Gasteiger partial charge on any atom is -0.315 e. The number of sulfonamides is 1. The Hall–Kier alpha value is -1.63. The molecule has 0 aliphatic carbocycles. The number of benzene rings is 1. The Bertz CT molecular complexity index is 772. The van der Waals surface area contributed by atoms with Crippen molar-refractivity contribution in [1.82, 2.24) is 9.62 Å². The molecule has 0 amide bonds. The molecule has 0 radical (unpaired) electrons. The van der Waals surface area contributed by atoms with Crippen LogP contribution in [-0.4, -0.2) is 37.9 Å². The van der Waals surface area contributed by atoms with Gasteiger partial charge in [0.05, 0.1) is 22.1 Å². The lowest BCUT2D eigenvalue weighted by molar-refractivity contribution is -0.137. The van der Waals surface area contributed by atoms with Crippen molar-refractivity contribution in [2.45, 2.75) is 42.4 Å². The Morgan fingerprint density at radius 3 is 2.58 bits per heavy atom. The van der Waals surface area contributed by atoms with Crippen LogP contribution in [0.4, 0.5) is 13.2 Å². The summed E-state index contributed by atoms with van der Waals surface area (Å²) < 4.78 is 65.9. The molecule has 2 bridgehead atoms. The maximum absolute atomic E-state index is 12.9. The summed E-state index contributed by atoms with van der Waals surface area (Å²) in [5.41, 5.74) is -1.80. The number of nitrogens with zero attached hydrogens (tertiary/aromatic N) is 2. The van der Waals surface area contributed by atoms with E-state index in [1.165, 1.54) is 10.4 Å². The van der Waals surface area contributed by atoms with Crippen molar-refractivity contribution < 1.29 is 21.6 Å². The highest BCUT2D eigenvalue weighted by atomic mass is 32.2. The molecule has 2 heterocycles. The third kappa shape index (κ3) is 2.90. The summed E-state index contributed by atoms with van der Waals surface area (Å²) in [6.07, 6.45) is -2.56. The molecule has 9 heteroatoms. The monoisotopic (exact) mass is 359 g/mol. The lowest BCUT2D eigenvalue weighted by Gasteiger charge is -2.27. The Kier molecular flexibility index (Phi) is 4.32. The first-order valence-corrected chi connectivity index (χ1v) is 9.05. The molecule has 0 aromatic heterocycles. The summed E-state index contributed by atoms with van der Waals surface area (Å²) in [4.78, 5) is -0.258. The summed E-state index contributed by atoms with van der Waals surface area (Å²) in [6.45, 7) is 1.24. The van der Waals surface area contributed by atoms with Crippen LogP contribution in [0.1, 0.15) is 30.4 Å². The van der Waals surface area contributed by atoms with Gasteiger partial charge in [0.2, 0.25) is 10.0 Å². The number of alkyl halides is 3.